The van der Waals surface area contributed by atoms with E-state index in [-0.39, 0.29) is 0 Å². The van der Waals surface area contributed by atoms with E-state index in [1.807, 2.05) is 12.1 Å². The largest absolute Gasteiger partial charge is 0.314 e. The minimum Gasteiger partial charge on any atom is -0.314 e. The Kier molecular flexibility index (Phi) is 3.88. The molecule has 2 fully saturated rings. The van der Waals surface area contributed by atoms with E-state index in [1.54, 1.807) is 0 Å². The van der Waals surface area contributed by atoms with E-state index in [9.17, 15) is 0 Å². The maximum absolute atomic E-state index is 6.31. The van der Waals surface area contributed by atoms with E-state index in [1.165, 1.54) is 37.9 Å². The third-order valence-electron chi connectivity index (χ3n) is 4.42. The van der Waals surface area contributed by atoms with Gasteiger partial charge < -0.3 is 5.32 Å². The van der Waals surface area contributed by atoms with Gasteiger partial charge in [0, 0.05) is 37.2 Å². The van der Waals surface area contributed by atoms with Crippen molar-refractivity contribution in [2.45, 2.75) is 31.2 Å². The van der Waals surface area contributed by atoms with E-state index >= 15 is 0 Å². The normalized spacial score (nSPS) is 29.6. The van der Waals surface area contributed by atoms with Crippen LogP contribution >= 0.6 is 11.6 Å². The fraction of sp³-hybridized carbons (Fsp3) is 0.600. The van der Waals surface area contributed by atoms with Crippen molar-refractivity contribution in [2.24, 2.45) is 0 Å². The van der Waals surface area contributed by atoms with E-state index in [4.69, 9.17) is 11.6 Å². The molecule has 1 aliphatic heterocycles. The van der Waals surface area contributed by atoms with Crippen LogP contribution in [0.15, 0.2) is 24.3 Å². The number of halogens is 1. The summed E-state index contributed by atoms with van der Waals surface area (Å²) in [5.41, 5.74) is 1.36. The van der Waals surface area contributed by atoms with Crippen LogP contribution < -0.4 is 5.32 Å². The summed E-state index contributed by atoms with van der Waals surface area (Å²) in [6.07, 6.45) is 3.90. The van der Waals surface area contributed by atoms with Crippen molar-refractivity contribution in [3.05, 3.63) is 34.9 Å². The topological polar surface area (TPSA) is 15.3 Å². The molecule has 0 bridgehead atoms. The second kappa shape index (κ2) is 5.60. The van der Waals surface area contributed by atoms with Crippen molar-refractivity contribution in [2.75, 3.05) is 26.2 Å². The Morgan fingerprint density at radius 3 is 2.67 bits per heavy atom. The molecule has 3 heteroatoms. The van der Waals surface area contributed by atoms with Crippen LogP contribution in [0, 0.1) is 0 Å². The molecule has 2 nitrogen and oxygen atoms in total. The molecular formula is C15H21ClN2. The number of hydrogen-bond acceptors (Lipinski definition) is 2. The average molecular weight is 265 g/mol. The fourth-order valence-corrected chi connectivity index (χ4v) is 3.72. The average Bonchev–Trinajstić information content (AvgIpc) is 2.90. The maximum atomic E-state index is 6.31. The number of rotatable bonds is 2. The quantitative estimate of drug-likeness (QED) is 0.884. The van der Waals surface area contributed by atoms with Gasteiger partial charge in [0.2, 0.25) is 0 Å². The smallest absolute Gasteiger partial charge is 0.0440 e. The van der Waals surface area contributed by atoms with Crippen molar-refractivity contribution < 1.29 is 0 Å². The molecule has 1 saturated heterocycles. The van der Waals surface area contributed by atoms with Crippen LogP contribution in [0.25, 0.3) is 0 Å². The Morgan fingerprint density at radius 2 is 1.89 bits per heavy atom. The lowest BCUT2D eigenvalue weighted by Gasteiger charge is -2.32. The molecule has 0 aromatic heterocycles. The van der Waals surface area contributed by atoms with Gasteiger partial charge in [-0.15, -0.1) is 0 Å². The van der Waals surface area contributed by atoms with E-state index in [0.717, 1.165) is 24.2 Å². The van der Waals surface area contributed by atoms with Crippen molar-refractivity contribution in [3.8, 4) is 0 Å². The van der Waals surface area contributed by atoms with E-state index in [2.05, 4.69) is 22.3 Å². The molecule has 2 unspecified atom stereocenters. The predicted molar refractivity (Wildman–Crippen MR) is 76.3 cm³/mol. The van der Waals surface area contributed by atoms with Crippen molar-refractivity contribution >= 4 is 11.6 Å². The number of benzene rings is 1. The number of piperazine rings is 1. The zero-order chi connectivity index (χ0) is 12.4. The summed E-state index contributed by atoms with van der Waals surface area (Å²) in [5.74, 6) is 0.665. The standard InChI is InChI=1S/C15H21ClN2/c16-15-4-2-1-3-14(15)12-5-6-13(11-12)18-9-7-17-8-10-18/h1-4,12-13,17H,5-11H2. The van der Waals surface area contributed by atoms with Crippen LogP contribution in [0.2, 0.25) is 5.02 Å². The number of nitrogens with zero attached hydrogens (tertiary/aromatic N) is 1. The van der Waals surface area contributed by atoms with Crippen LogP contribution in [-0.4, -0.2) is 37.1 Å². The molecule has 1 aliphatic carbocycles. The first-order valence-corrected chi connectivity index (χ1v) is 7.41. The lowest BCUT2D eigenvalue weighted by molar-refractivity contribution is 0.174. The Bertz CT molecular complexity index is 401. The molecule has 1 aromatic rings. The van der Waals surface area contributed by atoms with Crippen LogP contribution in [-0.2, 0) is 0 Å². The van der Waals surface area contributed by atoms with Gasteiger partial charge in [-0.1, -0.05) is 29.8 Å². The summed E-state index contributed by atoms with van der Waals surface area (Å²) in [6, 6.07) is 9.13. The maximum Gasteiger partial charge on any atom is 0.0440 e. The molecule has 1 aromatic carbocycles. The van der Waals surface area contributed by atoms with Gasteiger partial charge >= 0.3 is 0 Å². The summed E-state index contributed by atoms with van der Waals surface area (Å²) in [6.45, 7) is 4.71. The second-order valence-corrected chi connectivity index (χ2v) is 5.88. The summed E-state index contributed by atoms with van der Waals surface area (Å²) < 4.78 is 0. The zero-order valence-corrected chi connectivity index (χ0v) is 11.5. The first kappa shape index (κ1) is 12.5. The molecule has 1 saturated carbocycles. The van der Waals surface area contributed by atoms with Crippen LogP contribution in [0.4, 0.5) is 0 Å². The molecule has 1 heterocycles. The molecule has 18 heavy (non-hydrogen) atoms. The first-order chi connectivity index (χ1) is 8.84. The van der Waals surface area contributed by atoms with Gasteiger partial charge in [-0.2, -0.15) is 0 Å². The van der Waals surface area contributed by atoms with Gasteiger partial charge in [0.15, 0.2) is 0 Å². The molecule has 2 aliphatic rings. The van der Waals surface area contributed by atoms with Crippen LogP contribution in [0.3, 0.4) is 0 Å². The van der Waals surface area contributed by atoms with Crippen LogP contribution in [0.1, 0.15) is 30.7 Å². The van der Waals surface area contributed by atoms with Gasteiger partial charge in [-0.25, -0.2) is 0 Å². The second-order valence-electron chi connectivity index (χ2n) is 5.47. The molecule has 98 valence electrons. The van der Waals surface area contributed by atoms with Crippen molar-refractivity contribution in [1.29, 1.82) is 0 Å². The number of hydrogen-bond donors (Lipinski definition) is 1. The van der Waals surface area contributed by atoms with Gasteiger partial charge in [0.05, 0.1) is 0 Å². The molecule has 0 amide bonds. The van der Waals surface area contributed by atoms with Gasteiger partial charge in [-0.05, 0) is 36.8 Å². The Balaban J connectivity index is 1.66. The highest BCUT2D eigenvalue weighted by molar-refractivity contribution is 6.31. The minimum absolute atomic E-state index is 0.665. The third-order valence-corrected chi connectivity index (χ3v) is 4.76. The van der Waals surface area contributed by atoms with E-state index < -0.39 is 0 Å². The lowest BCUT2D eigenvalue weighted by atomic mass is 9.97. The van der Waals surface area contributed by atoms with Crippen molar-refractivity contribution in [3.63, 3.8) is 0 Å². The summed E-state index contributed by atoms with van der Waals surface area (Å²) >= 11 is 6.31. The molecule has 1 N–H and O–H groups in total. The monoisotopic (exact) mass is 264 g/mol. The molecule has 0 radical (unpaired) electrons. The predicted octanol–water partition coefficient (Wildman–Crippen LogP) is 2.88. The number of nitrogens with one attached hydrogen (secondary N) is 1. The molecule has 2 atom stereocenters. The molecular weight excluding hydrogens is 244 g/mol. The highest BCUT2D eigenvalue weighted by Gasteiger charge is 2.31. The Morgan fingerprint density at radius 1 is 1.11 bits per heavy atom. The molecule has 3 rings (SSSR count). The third kappa shape index (κ3) is 2.56. The van der Waals surface area contributed by atoms with E-state index in [0.29, 0.717) is 5.92 Å². The Hall–Kier alpha value is -0.570. The SMILES string of the molecule is Clc1ccccc1C1CCC(N2CCNCC2)C1. The Labute approximate surface area is 114 Å². The van der Waals surface area contributed by atoms with Gasteiger partial charge in [-0.3, -0.25) is 4.90 Å². The summed E-state index contributed by atoms with van der Waals surface area (Å²) in [7, 11) is 0. The zero-order valence-electron chi connectivity index (χ0n) is 10.7. The highest BCUT2D eigenvalue weighted by atomic mass is 35.5. The van der Waals surface area contributed by atoms with Gasteiger partial charge in [0.1, 0.15) is 0 Å². The summed E-state index contributed by atoms with van der Waals surface area (Å²) in [5, 5.41) is 4.38. The van der Waals surface area contributed by atoms with Gasteiger partial charge in [0.25, 0.3) is 0 Å². The van der Waals surface area contributed by atoms with Crippen molar-refractivity contribution in [1.82, 2.24) is 10.2 Å². The lowest BCUT2D eigenvalue weighted by Crippen LogP contribution is -2.47. The minimum atomic E-state index is 0.665. The first-order valence-electron chi connectivity index (χ1n) is 7.04. The summed E-state index contributed by atoms with van der Waals surface area (Å²) in [4.78, 5) is 2.66. The fourth-order valence-electron chi connectivity index (χ4n) is 3.43. The van der Waals surface area contributed by atoms with Crippen LogP contribution in [0.5, 0.6) is 0 Å². The highest BCUT2D eigenvalue weighted by Crippen LogP contribution is 2.39. The molecule has 0 spiro atoms.